The van der Waals surface area contributed by atoms with Crippen molar-refractivity contribution in [3.05, 3.63) is 83.7 Å². The maximum Gasteiger partial charge on any atom is 0.231 e. The number of hydrogen-bond donors (Lipinski definition) is 1. The fraction of sp³-hybridized carbons (Fsp3) is 0.143. The summed E-state index contributed by atoms with van der Waals surface area (Å²) >= 11 is 0. The number of halogens is 1. The number of fused-ring (bicyclic) bond motifs is 1. The highest BCUT2D eigenvalue weighted by atomic mass is 19.1. The molecule has 1 aliphatic heterocycles. The van der Waals surface area contributed by atoms with Crippen molar-refractivity contribution in [1.29, 1.82) is 0 Å². The number of ether oxygens (including phenoxy) is 3. The smallest absolute Gasteiger partial charge is 0.231 e. The minimum Gasteiger partial charge on any atom is -0.489 e. The topological polar surface area (TPSA) is 39.7 Å². The average Bonchev–Trinajstić information content (AvgIpc) is 3.14. The maximum absolute atomic E-state index is 13.0. The minimum atomic E-state index is -0.248. The molecule has 26 heavy (non-hydrogen) atoms. The quantitative estimate of drug-likeness (QED) is 0.696. The van der Waals surface area contributed by atoms with Crippen LogP contribution in [0.15, 0.2) is 66.7 Å². The normalized spacial score (nSPS) is 12.0. The highest BCUT2D eigenvalue weighted by Gasteiger charge is 2.13. The fourth-order valence-corrected chi connectivity index (χ4v) is 2.74. The van der Waals surface area contributed by atoms with Gasteiger partial charge in [0.1, 0.15) is 18.2 Å². The molecular weight excluding hydrogens is 333 g/mol. The van der Waals surface area contributed by atoms with Gasteiger partial charge in [0.25, 0.3) is 0 Å². The van der Waals surface area contributed by atoms with E-state index in [2.05, 4.69) is 5.32 Å². The van der Waals surface area contributed by atoms with Crippen LogP contribution in [0.4, 0.5) is 10.1 Å². The van der Waals surface area contributed by atoms with E-state index < -0.39 is 0 Å². The second-order valence-corrected chi connectivity index (χ2v) is 5.94. The van der Waals surface area contributed by atoms with E-state index in [1.54, 1.807) is 12.1 Å². The van der Waals surface area contributed by atoms with Crippen LogP contribution in [0.3, 0.4) is 0 Å². The Labute approximate surface area is 151 Å². The Kier molecular flexibility index (Phi) is 4.60. The van der Waals surface area contributed by atoms with Crippen LogP contribution in [0.5, 0.6) is 17.2 Å². The van der Waals surface area contributed by atoms with Crippen LogP contribution in [0.1, 0.15) is 11.1 Å². The highest BCUT2D eigenvalue weighted by Crippen LogP contribution is 2.34. The lowest BCUT2D eigenvalue weighted by Crippen LogP contribution is -2.03. The predicted molar refractivity (Wildman–Crippen MR) is 97.1 cm³/mol. The summed E-state index contributed by atoms with van der Waals surface area (Å²) in [5.74, 6) is 2.06. The summed E-state index contributed by atoms with van der Waals surface area (Å²) in [6, 6.07) is 19.9. The molecule has 1 N–H and O–H groups in total. The third-order valence-electron chi connectivity index (χ3n) is 4.14. The minimum absolute atomic E-state index is 0.248. The van der Waals surface area contributed by atoms with Gasteiger partial charge in [0.2, 0.25) is 6.79 Å². The van der Waals surface area contributed by atoms with Gasteiger partial charge in [-0.15, -0.1) is 0 Å². The summed E-state index contributed by atoms with van der Waals surface area (Å²) in [6.45, 7) is 1.26. The van der Waals surface area contributed by atoms with E-state index in [9.17, 15) is 4.39 Å². The standard InChI is InChI=1S/C21H18FNO3/c22-17-7-5-15(6-8-17)13-24-19-4-2-1-3-16(19)12-23-18-9-10-20-21(11-18)26-14-25-20/h1-11,23H,12-14H2. The van der Waals surface area contributed by atoms with Crippen LogP contribution < -0.4 is 19.5 Å². The fourth-order valence-electron chi connectivity index (χ4n) is 2.74. The SMILES string of the molecule is Fc1ccc(COc2ccccc2CNc2ccc3c(c2)OCO3)cc1. The van der Waals surface area contributed by atoms with Gasteiger partial charge in [0, 0.05) is 23.9 Å². The Bertz CT molecular complexity index is 896. The largest absolute Gasteiger partial charge is 0.489 e. The number of hydrogen-bond acceptors (Lipinski definition) is 4. The van der Waals surface area contributed by atoms with Crippen molar-refractivity contribution in [2.24, 2.45) is 0 Å². The average molecular weight is 351 g/mol. The monoisotopic (exact) mass is 351 g/mol. The van der Waals surface area contributed by atoms with Crippen LogP contribution >= 0.6 is 0 Å². The predicted octanol–water partition coefficient (Wildman–Crippen LogP) is 4.75. The Morgan fingerprint density at radius 3 is 2.62 bits per heavy atom. The Balaban J connectivity index is 1.41. The molecule has 0 fully saturated rings. The number of para-hydroxylation sites is 1. The molecule has 1 heterocycles. The molecule has 0 bridgehead atoms. The first-order chi connectivity index (χ1) is 12.8. The van der Waals surface area contributed by atoms with Crippen molar-refractivity contribution < 1.29 is 18.6 Å². The number of benzene rings is 3. The summed E-state index contributed by atoms with van der Waals surface area (Å²) in [7, 11) is 0. The first kappa shape index (κ1) is 16.3. The third-order valence-corrected chi connectivity index (χ3v) is 4.14. The Morgan fingerprint density at radius 2 is 1.73 bits per heavy atom. The zero-order chi connectivity index (χ0) is 17.8. The summed E-state index contributed by atoms with van der Waals surface area (Å²) in [5, 5.41) is 3.37. The van der Waals surface area contributed by atoms with Gasteiger partial charge in [-0.2, -0.15) is 0 Å². The van der Waals surface area contributed by atoms with E-state index in [1.165, 1.54) is 12.1 Å². The Hall–Kier alpha value is -3.21. The molecule has 3 aromatic rings. The van der Waals surface area contributed by atoms with Crippen molar-refractivity contribution in [3.63, 3.8) is 0 Å². The molecule has 0 atom stereocenters. The van der Waals surface area contributed by atoms with E-state index in [4.69, 9.17) is 14.2 Å². The van der Waals surface area contributed by atoms with Gasteiger partial charge < -0.3 is 19.5 Å². The molecule has 0 unspecified atom stereocenters. The summed E-state index contributed by atoms with van der Waals surface area (Å²) in [5.41, 5.74) is 2.90. The summed E-state index contributed by atoms with van der Waals surface area (Å²) in [6.07, 6.45) is 0. The molecule has 4 nitrogen and oxygen atoms in total. The molecular formula is C21H18FNO3. The molecule has 132 valence electrons. The maximum atomic E-state index is 13.0. The van der Waals surface area contributed by atoms with Crippen LogP contribution in [-0.4, -0.2) is 6.79 Å². The van der Waals surface area contributed by atoms with Crippen LogP contribution in [0, 0.1) is 5.82 Å². The third kappa shape index (κ3) is 3.72. The van der Waals surface area contributed by atoms with E-state index in [-0.39, 0.29) is 12.6 Å². The van der Waals surface area contributed by atoms with Gasteiger partial charge >= 0.3 is 0 Å². The summed E-state index contributed by atoms with van der Waals surface area (Å²) in [4.78, 5) is 0. The zero-order valence-electron chi connectivity index (χ0n) is 14.1. The molecule has 0 spiro atoms. The second kappa shape index (κ2) is 7.35. The van der Waals surface area contributed by atoms with Gasteiger partial charge in [-0.05, 0) is 35.9 Å². The summed E-state index contributed by atoms with van der Waals surface area (Å²) < 4.78 is 29.6. The van der Waals surface area contributed by atoms with Gasteiger partial charge in [-0.25, -0.2) is 4.39 Å². The Morgan fingerprint density at radius 1 is 0.923 bits per heavy atom. The second-order valence-electron chi connectivity index (χ2n) is 5.94. The van der Waals surface area contributed by atoms with Gasteiger partial charge in [-0.3, -0.25) is 0 Å². The molecule has 0 saturated carbocycles. The van der Waals surface area contributed by atoms with Crippen molar-refractivity contribution in [1.82, 2.24) is 0 Å². The van der Waals surface area contributed by atoms with Crippen LogP contribution in [0.25, 0.3) is 0 Å². The molecule has 0 amide bonds. The van der Waals surface area contributed by atoms with Gasteiger partial charge in [-0.1, -0.05) is 30.3 Å². The molecule has 3 aromatic carbocycles. The van der Waals surface area contributed by atoms with Crippen molar-refractivity contribution in [2.75, 3.05) is 12.1 Å². The van der Waals surface area contributed by atoms with Crippen molar-refractivity contribution in [3.8, 4) is 17.2 Å². The van der Waals surface area contributed by atoms with Crippen molar-refractivity contribution >= 4 is 5.69 Å². The molecule has 4 rings (SSSR count). The van der Waals surface area contributed by atoms with E-state index in [0.717, 1.165) is 34.1 Å². The molecule has 0 aromatic heterocycles. The molecule has 1 aliphatic rings. The van der Waals surface area contributed by atoms with Gasteiger partial charge in [0.05, 0.1) is 0 Å². The zero-order valence-corrected chi connectivity index (χ0v) is 14.1. The van der Waals surface area contributed by atoms with Crippen LogP contribution in [0.2, 0.25) is 0 Å². The van der Waals surface area contributed by atoms with Crippen molar-refractivity contribution in [2.45, 2.75) is 13.2 Å². The van der Waals surface area contributed by atoms with Gasteiger partial charge in [0.15, 0.2) is 11.5 Å². The number of rotatable bonds is 6. The lowest BCUT2D eigenvalue weighted by atomic mass is 10.2. The number of nitrogens with one attached hydrogen (secondary N) is 1. The van der Waals surface area contributed by atoms with E-state index >= 15 is 0 Å². The lowest BCUT2D eigenvalue weighted by Gasteiger charge is -2.13. The molecule has 5 heteroatoms. The molecule has 0 aliphatic carbocycles. The van der Waals surface area contributed by atoms with E-state index in [0.29, 0.717) is 13.2 Å². The van der Waals surface area contributed by atoms with E-state index in [1.807, 2.05) is 42.5 Å². The molecule has 0 saturated heterocycles. The first-order valence-corrected chi connectivity index (χ1v) is 8.36. The highest BCUT2D eigenvalue weighted by molar-refractivity contribution is 5.56. The van der Waals surface area contributed by atoms with Crippen LogP contribution in [-0.2, 0) is 13.2 Å². The molecule has 0 radical (unpaired) electrons. The first-order valence-electron chi connectivity index (χ1n) is 8.36. The lowest BCUT2D eigenvalue weighted by molar-refractivity contribution is 0.174. The number of anilines is 1.